The highest BCUT2D eigenvalue weighted by atomic mass is 35.5. The Kier molecular flexibility index (Phi) is 17.1. The molecule has 0 N–H and O–H groups in total. The molecule has 0 atom stereocenters. The SMILES string of the molecule is CCCCCC/C=C/CCCCCCCCCCl. The first-order valence-electron chi connectivity index (χ1n) is 8.12. The van der Waals surface area contributed by atoms with Crippen LogP contribution in [-0.2, 0) is 0 Å². The summed E-state index contributed by atoms with van der Waals surface area (Å²) in [4.78, 5) is 0. The maximum absolute atomic E-state index is 5.64. The lowest BCUT2D eigenvalue weighted by Gasteiger charge is -1.99. The van der Waals surface area contributed by atoms with Gasteiger partial charge in [-0.1, -0.05) is 70.4 Å². The molecule has 0 aromatic heterocycles. The minimum absolute atomic E-state index is 0.836. The number of alkyl halides is 1. The highest BCUT2D eigenvalue weighted by Gasteiger charge is 1.90. The van der Waals surface area contributed by atoms with Crippen LogP contribution in [0.15, 0.2) is 12.2 Å². The van der Waals surface area contributed by atoms with Crippen molar-refractivity contribution in [1.82, 2.24) is 0 Å². The number of halogens is 1. The molecule has 0 aromatic rings. The summed E-state index contributed by atoms with van der Waals surface area (Å²) in [5.41, 5.74) is 0. The number of hydrogen-bond donors (Lipinski definition) is 0. The lowest BCUT2D eigenvalue weighted by Crippen LogP contribution is -1.81. The fourth-order valence-corrected chi connectivity index (χ4v) is 2.35. The van der Waals surface area contributed by atoms with Crippen LogP contribution in [0.4, 0.5) is 0 Å². The highest BCUT2D eigenvalue weighted by Crippen LogP contribution is 2.10. The first kappa shape index (κ1) is 18.0. The average Bonchev–Trinajstić information content (AvgIpc) is 2.39. The van der Waals surface area contributed by atoms with E-state index in [9.17, 15) is 0 Å². The summed E-state index contributed by atoms with van der Waals surface area (Å²) >= 11 is 5.64. The fraction of sp³-hybridized carbons (Fsp3) is 0.882. The minimum atomic E-state index is 0.836. The van der Waals surface area contributed by atoms with Gasteiger partial charge in [0.05, 0.1) is 0 Å². The molecule has 0 aliphatic carbocycles. The summed E-state index contributed by atoms with van der Waals surface area (Å²) in [6.45, 7) is 2.27. The second-order valence-corrected chi connectivity index (χ2v) is 5.65. The van der Waals surface area contributed by atoms with Crippen molar-refractivity contribution in [3.05, 3.63) is 12.2 Å². The van der Waals surface area contributed by atoms with Gasteiger partial charge in [0.25, 0.3) is 0 Å². The van der Waals surface area contributed by atoms with Crippen molar-refractivity contribution in [2.75, 3.05) is 5.88 Å². The van der Waals surface area contributed by atoms with Gasteiger partial charge in [-0.3, -0.25) is 0 Å². The van der Waals surface area contributed by atoms with Crippen molar-refractivity contribution < 1.29 is 0 Å². The molecule has 0 aromatic carbocycles. The zero-order valence-electron chi connectivity index (χ0n) is 12.4. The third kappa shape index (κ3) is 16.0. The molecule has 0 fully saturated rings. The Morgan fingerprint density at radius 1 is 0.611 bits per heavy atom. The van der Waals surface area contributed by atoms with E-state index in [1.165, 1.54) is 83.5 Å². The quantitative estimate of drug-likeness (QED) is 0.184. The van der Waals surface area contributed by atoms with Crippen LogP contribution in [0.3, 0.4) is 0 Å². The maximum Gasteiger partial charge on any atom is 0.0223 e. The second-order valence-electron chi connectivity index (χ2n) is 5.27. The topological polar surface area (TPSA) is 0 Å². The molecule has 1 heteroatoms. The van der Waals surface area contributed by atoms with Gasteiger partial charge in [0.2, 0.25) is 0 Å². The molecule has 0 saturated heterocycles. The van der Waals surface area contributed by atoms with Crippen LogP contribution in [0.1, 0.15) is 90.4 Å². The van der Waals surface area contributed by atoms with E-state index in [-0.39, 0.29) is 0 Å². The second kappa shape index (κ2) is 17.0. The molecular weight excluding hydrogens is 240 g/mol. The standard InChI is InChI=1S/C17H33Cl/c1-2-3-4-5-6-7-8-9-10-11-12-13-14-15-16-17-18/h7-8H,2-6,9-17H2,1H3/b8-7+. The van der Waals surface area contributed by atoms with E-state index < -0.39 is 0 Å². The van der Waals surface area contributed by atoms with Gasteiger partial charge in [0, 0.05) is 5.88 Å². The Morgan fingerprint density at radius 2 is 1.06 bits per heavy atom. The van der Waals surface area contributed by atoms with E-state index in [1.807, 2.05) is 0 Å². The first-order chi connectivity index (χ1) is 8.91. The van der Waals surface area contributed by atoms with E-state index >= 15 is 0 Å². The monoisotopic (exact) mass is 272 g/mol. The van der Waals surface area contributed by atoms with Crippen molar-refractivity contribution in [3.8, 4) is 0 Å². The number of allylic oxidation sites excluding steroid dienone is 2. The highest BCUT2D eigenvalue weighted by molar-refractivity contribution is 6.17. The predicted molar refractivity (Wildman–Crippen MR) is 85.6 cm³/mol. The van der Waals surface area contributed by atoms with Crippen molar-refractivity contribution in [3.63, 3.8) is 0 Å². The van der Waals surface area contributed by atoms with Crippen LogP contribution in [0, 0.1) is 0 Å². The molecule has 0 aliphatic rings. The number of unbranched alkanes of at least 4 members (excludes halogenated alkanes) is 11. The molecule has 0 radical (unpaired) electrons. The Hall–Kier alpha value is 0.0300. The molecule has 0 bridgehead atoms. The van der Waals surface area contributed by atoms with E-state index in [2.05, 4.69) is 19.1 Å². The number of hydrogen-bond acceptors (Lipinski definition) is 0. The summed E-state index contributed by atoms with van der Waals surface area (Å²) in [6, 6.07) is 0. The molecule has 0 amide bonds. The van der Waals surface area contributed by atoms with Gasteiger partial charge in [-0.2, -0.15) is 0 Å². The van der Waals surface area contributed by atoms with Gasteiger partial charge in [0.1, 0.15) is 0 Å². The van der Waals surface area contributed by atoms with Crippen molar-refractivity contribution in [2.45, 2.75) is 90.4 Å². The molecule has 0 spiro atoms. The summed E-state index contributed by atoms with van der Waals surface area (Å²) in [5, 5.41) is 0. The van der Waals surface area contributed by atoms with Crippen LogP contribution in [0.25, 0.3) is 0 Å². The van der Waals surface area contributed by atoms with Crippen LogP contribution in [-0.4, -0.2) is 5.88 Å². The van der Waals surface area contributed by atoms with Gasteiger partial charge in [-0.25, -0.2) is 0 Å². The van der Waals surface area contributed by atoms with Gasteiger partial charge >= 0.3 is 0 Å². The molecule has 0 nitrogen and oxygen atoms in total. The molecule has 18 heavy (non-hydrogen) atoms. The molecule has 0 unspecified atom stereocenters. The Labute approximate surface area is 120 Å². The molecule has 0 rings (SSSR count). The molecular formula is C17H33Cl. The van der Waals surface area contributed by atoms with Crippen LogP contribution in [0.5, 0.6) is 0 Å². The average molecular weight is 273 g/mol. The van der Waals surface area contributed by atoms with Crippen LogP contribution < -0.4 is 0 Å². The van der Waals surface area contributed by atoms with Crippen molar-refractivity contribution >= 4 is 11.6 Å². The largest absolute Gasteiger partial charge is 0.127 e. The third-order valence-corrected chi connectivity index (χ3v) is 3.66. The lowest BCUT2D eigenvalue weighted by atomic mass is 10.1. The van der Waals surface area contributed by atoms with Crippen LogP contribution >= 0.6 is 11.6 Å². The summed E-state index contributed by atoms with van der Waals surface area (Å²) in [6.07, 6.45) is 22.4. The molecule has 0 heterocycles. The molecule has 108 valence electrons. The normalized spacial score (nSPS) is 11.4. The molecule has 0 saturated carbocycles. The first-order valence-corrected chi connectivity index (χ1v) is 8.66. The Morgan fingerprint density at radius 3 is 1.56 bits per heavy atom. The predicted octanol–water partition coefficient (Wildman–Crippen LogP) is 6.87. The molecule has 0 aliphatic heterocycles. The summed E-state index contributed by atoms with van der Waals surface area (Å²) < 4.78 is 0. The minimum Gasteiger partial charge on any atom is -0.127 e. The summed E-state index contributed by atoms with van der Waals surface area (Å²) in [5.74, 6) is 0.836. The van der Waals surface area contributed by atoms with Crippen LogP contribution in [0.2, 0.25) is 0 Å². The zero-order chi connectivity index (χ0) is 13.3. The lowest BCUT2D eigenvalue weighted by molar-refractivity contribution is 0.592. The van der Waals surface area contributed by atoms with Gasteiger partial charge in [-0.05, 0) is 32.1 Å². The van der Waals surface area contributed by atoms with E-state index in [4.69, 9.17) is 11.6 Å². The van der Waals surface area contributed by atoms with Gasteiger partial charge in [0.15, 0.2) is 0 Å². The van der Waals surface area contributed by atoms with E-state index in [1.54, 1.807) is 0 Å². The van der Waals surface area contributed by atoms with Crippen molar-refractivity contribution in [1.29, 1.82) is 0 Å². The Balaban J connectivity index is 2.99. The fourth-order valence-electron chi connectivity index (χ4n) is 2.17. The number of rotatable bonds is 14. The smallest absolute Gasteiger partial charge is 0.0223 e. The maximum atomic E-state index is 5.64. The Bertz CT molecular complexity index is 163. The van der Waals surface area contributed by atoms with Gasteiger partial charge < -0.3 is 0 Å². The third-order valence-electron chi connectivity index (χ3n) is 3.40. The van der Waals surface area contributed by atoms with Crippen molar-refractivity contribution in [2.24, 2.45) is 0 Å². The van der Waals surface area contributed by atoms with Gasteiger partial charge in [-0.15, -0.1) is 11.6 Å². The van der Waals surface area contributed by atoms with E-state index in [0.29, 0.717) is 0 Å². The van der Waals surface area contributed by atoms with E-state index in [0.717, 1.165) is 5.88 Å². The summed E-state index contributed by atoms with van der Waals surface area (Å²) in [7, 11) is 0. The zero-order valence-corrected chi connectivity index (χ0v) is 13.2.